The van der Waals surface area contributed by atoms with Crippen LogP contribution in [0.3, 0.4) is 0 Å². The Bertz CT molecular complexity index is 446. The molecule has 0 aliphatic rings. The van der Waals surface area contributed by atoms with Crippen LogP contribution >= 0.6 is 0 Å². The highest BCUT2D eigenvalue weighted by atomic mass is 16.5. The molecule has 102 valence electrons. The standard InChI is InChI=1S/C16H21NO2/c1-4-6-7-8-16(18)17-15(5-2)13-9-11-14(19-3)12-10-13/h4,6-12,15H,5H2,1-3H3,(H,17,18)/b6-4+,8-7+/t15-/m1/s1. The molecule has 19 heavy (non-hydrogen) atoms. The van der Waals surface area contributed by atoms with Crippen LogP contribution in [-0.4, -0.2) is 13.0 Å². The molecule has 3 nitrogen and oxygen atoms in total. The van der Waals surface area contributed by atoms with E-state index in [9.17, 15) is 4.79 Å². The molecule has 1 amide bonds. The Hall–Kier alpha value is -2.03. The lowest BCUT2D eigenvalue weighted by Crippen LogP contribution is -2.26. The van der Waals surface area contributed by atoms with Crippen molar-refractivity contribution < 1.29 is 9.53 Å². The summed E-state index contributed by atoms with van der Waals surface area (Å²) in [5, 5.41) is 2.98. The van der Waals surface area contributed by atoms with Crippen LogP contribution in [0.1, 0.15) is 31.9 Å². The zero-order valence-corrected chi connectivity index (χ0v) is 11.7. The van der Waals surface area contributed by atoms with E-state index in [0.29, 0.717) is 0 Å². The molecule has 3 heteroatoms. The van der Waals surface area contributed by atoms with Gasteiger partial charge in [0.2, 0.25) is 5.91 Å². The number of amides is 1. The molecule has 0 fully saturated rings. The molecule has 1 N–H and O–H groups in total. The topological polar surface area (TPSA) is 38.3 Å². The van der Waals surface area contributed by atoms with E-state index in [-0.39, 0.29) is 11.9 Å². The van der Waals surface area contributed by atoms with E-state index in [4.69, 9.17) is 4.74 Å². The quantitative estimate of drug-likeness (QED) is 0.628. The van der Waals surface area contributed by atoms with Crippen molar-refractivity contribution in [2.24, 2.45) is 0 Å². The lowest BCUT2D eigenvalue weighted by molar-refractivity contribution is -0.117. The number of benzene rings is 1. The van der Waals surface area contributed by atoms with Crippen LogP contribution < -0.4 is 10.1 Å². The van der Waals surface area contributed by atoms with Gasteiger partial charge in [-0.05, 0) is 31.0 Å². The molecular formula is C16H21NO2. The van der Waals surface area contributed by atoms with Crippen LogP contribution in [0.5, 0.6) is 5.75 Å². The third-order valence-electron chi connectivity index (χ3n) is 2.79. The monoisotopic (exact) mass is 259 g/mol. The van der Waals surface area contributed by atoms with Gasteiger partial charge in [0, 0.05) is 6.08 Å². The third kappa shape index (κ3) is 5.00. The summed E-state index contributed by atoms with van der Waals surface area (Å²) in [6, 6.07) is 7.78. The Labute approximate surface area is 115 Å². The van der Waals surface area contributed by atoms with Crippen molar-refractivity contribution in [2.75, 3.05) is 7.11 Å². The first-order chi connectivity index (χ1) is 9.21. The maximum absolute atomic E-state index is 11.7. The van der Waals surface area contributed by atoms with Crippen molar-refractivity contribution in [3.8, 4) is 5.75 Å². The number of ether oxygens (including phenoxy) is 1. The zero-order valence-electron chi connectivity index (χ0n) is 11.7. The number of hydrogen-bond donors (Lipinski definition) is 1. The minimum absolute atomic E-state index is 0.0219. The molecule has 0 aromatic heterocycles. The highest BCUT2D eigenvalue weighted by Gasteiger charge is 2.10. The summed E-state index contributed by atoms with van der Waals surface area (Å²) >= 11 is 0. The van der Waals surface area contributed by atoms with E-state index >= 15 is 0 Å². The van der Waals surface area contributed by atoms with Crippen molar-refractivity contribution in [1.82, 2.24) is 5.32 Å². The Morgan fingerprint density at radius 3 is 2.53 bits per heavy atom. The highest BCUT2D eigenvalue weighted by Crippen LogP contribution is 2.19. The average molecular weight is 259 g/mol. The third-order valence-corrected chi connectivity index (χ3v) is 2.79. The van der Waals surface area contributed by atoms with Gasteiger partial charge in [-0.3, -0.25) is 4.79 Å². The molecule has 0 aliphatic heterocycles. The summed E-state index contributed by atoms with van der Waals surface area (Å²) in [6.45, 7) is 3.96. The fourth-order valence-corrected chi connectivity index (χ4v) is 1.73. The fourth-order valence-electron chi connectivity index (χ4n) is 1.73. The van der Waals surface area contributed by atoms with Crippen LogP contribution in [-0.2, 0) is 4.79 Å². The molecule has 1 aromatic carbocycles. The van der Waals surface area contributed by atoms with Gasteiger partial charge in [0.1, 0.15) is 5.75 Å². The predicted octanol–water partition coefficient (Wildman–Crippen LogP) is 3.39. The normalized spacial score (nSPS) is 12.8. The number of carbonyl (C=O) groups is 1. The van der Waals surface area contributed by atoms with Gasteiger partial charge in [-0.25, -0.2) is 0 Å². The first-order valence-corrected chi connectivity index (χ1v) is 6.45. The Morgan fingerprint density at radius 2 is 2.00 bits per heavy atom. The Balaban J connectivity index is 2.69. The summed E-state index contributed by atoms with van der Waals surface area (Å²) in [7, 11) is 1.64. The van der Waals surface area contributed by atoms with Crippen molar-refractivity contribution in [2.45, 2.75) is 26.3 Å². The molecular weight excluding hydrogens is 238 g/mol. The van der Waals surface area contributed by atoms with Crippen molar-refractivity contribution in [1.29, 1.82) is 0 Å². The molecule has 0 radical (unpaired) electrons. The van der Waals surface area contributed by atoms with Gasteiger partial charge in [-0.1, -0.05) is 37.3 Å². The maximum atomic E-state index is 11.7. The number of rotatable bonds is 6. The number of allylic oxidation sites excluding steroid dienone is 3. The lowest BCUT2D eigenvalue weighted by Gasteiger charge is -2.16. The van der Waals surface area contributed by atoms with Gasteiger partial charge < -0.3 is 10.1 Å². The van der Waals surface area contributed by atoms with Crippen LogP contribution in [0, 0.1) is 0 Å². The Kier molecular flexibility index (Phi) is 6.44. The van der Waals surface area contributed by atoms with E-state index in [1.54, 1.807) is 13.2 Å². The average Bonchev–Trinajstić information content (AvgIpc) is 2.45. The number of hydrogen-bond acceptors (Lipinski definition) is 2. The van der Waals surface area contributed by atoms with Gasteiger partial charge in [-0.2, -0.15) is 0 Å². The van der Waals surface area contributed by atoms with Gasteiger partial charge in [0.25, 0.3) is 0 Å². The van der Waals surface area contributed by atoms with Crippen LogP contribution in [0.4, 0.5) is 0 Å². The van der Waals surface area contributed by atoms with E-state index in [2.05, 4.69) is 5.32 Å². The van der Waals surface area contributed by atoms with Crippen molar-refractivity contribution >= 4 is 5.91 Å². The second-order valence-electron chi connectivity index (χ2n) is 4.13. The molecule has 1 aromatic rings. The van der Waals surface area contributed by atoms with Crippen LogP contribution in [0.2, 0.25) is 0 Å². The minimum Gasteiger partial charge on any atom is -0.497 e. The molecule has 0 spiro atoms. The molecule has 1 rings (SSSR count). The molecule has 0 heterocycles. The molecule has 0 aliphatic carbocycles. The lowest BCUT2D eigenvalue weighted by atomic mass is 10.0. The molecule has 0 saturated carbocycles. The predicted molar refractivity (Wildman–Crippen MR) is 78.1 cm³/mol. The summed E-state index contributed by atoms with van der Waals surface area (Å²) in [5.74, 6) is 0.735. The minimum atomic E-state index is -0.0826. The van der Waals surface area contributed by atoms with E-state index < -0.39 is 0 Å². The summed E-state index contributed by atoms with van der Waals surface area (Å²) in [6.07, 6.45) is 7.82. The van der Waals surface area contributed by atoms with Crippen molar-refractivity contribution in [3.63, 3.8) is 0 Å². The van der Waals surface area contributed by atoms with Crippen LogP contribution in [0.15, 0.2) is 48.6 Å². The second-order valence-corrected chi connectivity index (χ2v) is 4.13. The fraction of sp³-hybridized carbons (Fsp3) is 0.312. The number of methoxy groups -OCH3 is 1. The Morgan fingerprint density at radius 1 is 1.32 bits per heavy atom. The van der Waals surface area contributed by atoms with Gasteiger partial charge in [0.15, 0.2) is 0 Å². The van der Waals surface area contributed by atoms with E-state index in [1.807, 2.05) is 50.3 Å². The van der Waals surface area contributed by atoms with Crippen molar-refractivity contribution in [3.05, 3.63) is 54.1 Å². The second kappa shape index (κ2) is 8.14. The number of carbonyl (C=O) groups excluding carboxylic acids is 1. The largest absolute Gasteiger partial charge is 0.497 e. The maximum Gasteiger partial charge on any atom is 0.244 e. The van der Waals surface area contributed by atoms with E-state index in [0.717, 1.165) is 17.7 Å². The summed E-state index contributed by atoms with van der Waals surface area (Å²) in [4.78, 5) is 11.7. The summed E-state index contributed by atoms with van der Waals surface area (Å²) < 4.78 is 5.12. The van der Waals surface area contributed by atoms with Crippen LogP contribution in [0.25, 0.3) is 0 Å². The highest BCUT2D eigenvalue weighted by molar-refractivity contribution is 5.88. The van der Waals surface area contributed by atoms with Gasteiger partial charge in [-0.15, -0.1) is 0 Å². The summed E-state index contributed by atoms with van der Waals surface area (Å²) in [5.41, 5.74) is 1.08. The molecule has 1 atom stereocenters. The smallest absolute Gasteiger partial charge is 0.244 e. The van der Waals surface area contributed by atoms with Gasteiger partial charge >= 0.3 is 0 Å². The van der Waals surface area contributed by atoms with Gasteiger partial charge in [0.05, 0.1) is 13.2 Å². The first kappa shape index (κ1) is 15.0. The molecule has 0 bridgehead atoms. The molecule has 0 unspecified atom stereocenters. The first-order valence-electron chi connectivity index (χ1n) is 6.45. The zero-order chi connectivity index (χ0) is 14.1. The molecule has 0 saturated heterocycles. The number of nitrogens with one attached hydrogen (secondary N) is 1. The SMILES string of the molecule is C/C=C/C=C/C(=O)N[C@H](CC)c1ccc(OC)cc1. The van der Waals surface area contributed by atoms with E-state index in [1.165, 1.54) is 6.08 Å².